The van der Waals surface area contributed by atoms with Crippen molar-refractivity contribution in [2.75, 3.05) is 13.2 Å². The fourth-order valence-electron chi connectivity index (χ4n) is 7.49. The van der Waals surface area contributed by atoms with Crippen LogP contribution in [0.1, 0.15) is 200 Å². The Hall–Kier alpha value is -1.41. The summed E-state index contributed by atoms with van der Waals surface area (Å²) in [4.78, 5) is 13.1. The van der Waals surface area contributed by atoms with E-state index in [9.17, 15) is 40.5 Å². The van der Waals surface area contributed by atoms with Crippen LogP contribution in [0.4, 0.5) is 0 Å². The van der Waals surface area contributed by atoms with Gasteiger partial charge >= 0.3 is 0 Å². The minimum Gasteiger partial charge on any atom is -0.394 e. The van der Waals surface area contributed by atoms with Crippen LogP contribution in [0.5, 0.6) is 0 Å². The number of carbonyl (C=O) groups excluding carboxylic acids is 1. The van der Waals surface area contributed by atoms with Crippen LogP contribution in [0.2, 0.25) is 0 Å². The molecular weight excluding hydrogens is 739 g/mol. The second kappa shape index (κ2) is 37.4. The Morgan fingerprint density at radius 1 is 0.586 bits per heavy atom. The molecule has 342 valence electrons. The zero-order valence-corrected chi connectivity index (χ0v) is 36.8. The van der Waals surface area contributed by atoms with Gasteiger partial charge in [0.25, 0.3) is 0 Å². The van der Waals surface area contributed by atoms with Gasteiger partial charge in [-0.25, -0.2) is 0 Å². The van der Waals surface area contributed by atoms with Crippen LogP contribution in [-0.2, 0) is 14.3 Å². The van der Waals surface area contributed by atoms with Crippen molar-refractivity contribution in [1.82, 2.24) is 5.32 Å². The molecule has 1 heterocycles. The van der Waals surface area contributed by atoms with Crippen molar-refractivity contribution in [2.24, 2.45) is 0 Å². The van der Waals surface area contributed by atoms with Gasteiger partial charge in [-0.05, 0) is 64.2 Å². The summed E-state index contributed by atoms with van der Waals surface area (Å²) in [5.74, 6) is -0.712. The molecule has 0 saturated carbocycles. The maximum absolute atomic E-state index is 13.1. The zero-order chi connectivity index (χ0) is 42.6. The SMILES string of the molecule is CCCCCCCC/C=C\CCCCCCCCC(O)C(=O)NC(COC1OC(CO)C(O)C(O)C1O)C(O)C(O)CCC/C=C/CCCCCCCCCCCC. The molecule has 1 aliphatic heterocycles. The Bertz CT molecular complexity index is 997. The summed E-state index contributed by atoms with van der Waals surface area (Å²) in [6.07, 6.45) is 29.4. The van der Waals surface area contributed by atoms with Crippen molar-refractivity contribution in [3.63, 3.8) is 0 Å². The van der Waals surface area contributed by atoms with E-state index < -0.39 is 74.2 Å². The van der Waals surface area contributed by atoms with E-state index in [1.165, 1.54) is 103 Å². The molecular formula is C47H89NO10. The minimum atomic E-state index is -1.67. The Morgan fingerprint density at radius 2 is 1.02 bits per heavy atom. The Balaban J connectivity index is 2.47. The van der Waals surface area contributed by atoms with E-state index in [4.69, 9.17) is 9.47 Å². The molecule has 11 nitrogen and oxygen atoms in total. The normalized spacial score (nSPS) is 22.1. The fourth-order valence-corrected chi connectivity index (χ4v) is 7.49. The van der Waals surface area contributed by atoms with Crippen LogP contribution in [0.3, 0.4) is 0 Å². The van der Waals surface area contributed by atoms with Crippen LogP contribution in [0.25, 0.3) is 0 Å². The molecule has 8 N–H and O–H groups in total. The molecule has 0 spiro atoms. The quantitative estimate of drug-likeness (QED) is 0.0224. The molecule has 1 rings (SSSR count). The summed E-state index contributed by atoms with van der Waals surface area (Å²) >= 11 is 0. The molecule has 1 fully saturated rings. The van der Waals surface area contributed by atoms with E-state index in [0.29, 0.717) is 12.8 Å². The Labute approximate surface area is 353 Å². The number of allylic oxidation sites excluding steroid dienone is 4. The number of unbranched alkanes of at least 4 members (excludes halogenated alkanes) is 23. The lowest BCUT2D eigenvalue weighted by molar-refractivity contribution is -0.303. The van der Waals surface area contributed by atoms with E-state index >= 15 is 0 Å². The Morgan fingerprint density at radius 3 is 1.48 bits per heavy atom. The largest absolute Gasteiger partial charge is 0.394 e. The first-order chi connectivity index (χ1) is 28.2. The second-order valence-corrected chi connectivity index (χ2v) is 16.8. The lowest BCUT2D eigenvalue weighted by Gasteiger charge is -2.40. The first-order valence-electron chi connectivity index (χ1n) is 23.7. The molecule has 9 atom stereocenters. The van der Waals surface area contributed by atoms with E-state index in [0.717, 1.165) is 57.8 Å². The van der Waals surface area contributed by atoms with Crippen LogP contribution in [-0.4, -0.2) is 110 Å². The summed E-state index contributed by atoms with van der Waals surface area (Å²) < 4.78 is 11.1. The fraction of sp³-hybridized carbons (Fsp3) is 0.894. The number of hydrogen-bond donors (Lipinski definition) is 8. The van der Waals surface area contributed by atoms with Gasteiger partial charge in [0.05, 0.1) is 25.4 Å². The number of amides is 1. The van der Waals surface area contributed by atoms with Crippen LogP contribution < -0.4 is 5.32 Å². The van der Waals surface area contributed by atoms with Gasteiger partial charge in [0.2, 0.25) is 5.91 Å². The topological polar surface area (TPSA) is 189 Å². The van der Waals surface area contributed by atoms with Crippen LogP contribution in [0.15, 0.2) is 24.3 Å². The predicted molar refractivity (Wildman–Crippen MR) is 233 cm³/mol. The van der Waals surface area contributed by atoms with Crippen molar-refractivity contribution >= 4 is 5.91 Å². The van der Waals surface area contributed by atoms with Gasteiger partial charge in [0.15, 0.2) is 6.29 Å². The molecule has 1 amide bonds. The molecule has 1 aliphatic rings. The number of rotatable bonds is 39. The van der Waals surface area contributed by atoms with Gasteiger partial charge in [0.1, 0.15) is 36.6 Å². The highest BCUT2D eigenvalue weighted by Gasteiger charge is 2.44. The van der Waals surface area contributed by atoms with Gasteiger partial charge in [-0.2, -0.15) is 0 Å². The lowest BCUT2D eigenvalue weighted by atomic mass is 9.98. The van der Waals surface area contributed by atoms with Gasteiger partial charge in [0, 0.05) is 0 Å². The predicted octanol–water partition coefficient (Wildman–Crippen LogP) is 7.84. The number of nitrogens with one attached hydrogen (secondary N) is 1. The number of ether oxygens (including phenoxy) is 2. The van der Waals surface area contributed by atoms with E-state index in [-0.39, 0.29) is 12.8 Å². The van der Waals surface area contributed by atoms with Crippen molar-refractivity contribution in [3.05, 3.63) is 24.3 Å². The van der Waals surface area contributed by atoms with Crippen molar-refractivity contribution in [1.29, 1.82) is 0 Å². The average Bonchev–Trinajstić information content (AvgIpc) is 3.22. The van der Waals surface area contributed by atoms with E-state index in [1.54, 1.807) is 0 Å². The third kappa shape index (κ3) is 26.7. The molecule has 9 unspecified atom stereocenters. The number of aliphatic hydroxyl groups is 7. The molecule has 11 heteroatoms. The molecule has 0 radical (unpaired) electrons. The maximum Gasteiger partial charge on any atom is 0.249 e. The average molecular weight is 828 g/mol. The molecule has 0 bridgehead atoms. The zero-order valence-electron chi connectivity index (χ0n) is 36.8. The minimum absolute atomic E-state index is 0.247. The highest BCUT2D eigenvalue weighted by atomic mass is 16.7. The van der Waals surface area contributed by atoms with E-state index in [2.05, 4.69) is 43.5 Å². The molecule has 0 aromatic carbocycles. The molecule has 0 aromatic rings. The molecule has 0 aliphatic carbocycles. The molecule has 1 saturated heterocycles. The monoisotopic (exact) mass is 828 g/mol. The van der Waals surface area contributed by atoms with Crippen LogP contribution in [0, 0.1) is 0 Å². The number of aliphatic hydroxyl groups excluding tert-OH is 7. The maximum atomic E-state index is 13.1. The summed E-state index contributed by atoms with van der Waals surface area (Å²) in [6.45, 7) is 3.41. The first-order valence-corrected chi connectivity index (χ1v) is 23.7. The number of carbonyl (C=O) groups is 1. The van der Waals surface area contributed by atoms with Crippen molar-refractivity contribution in [2.45, 2.75) is 255 Å². The third-order valence-corrected chi connectivity index (χ3v) is 11.5. The smallest absolute Gasteiger partial charge is 0.249 e. The van der Waals surface area contributed by atoms with Crippen LogP contribution >= 0.6 is 0 Å². The van der Waals surface area contributed by atoms with Gasteiger partial charge in [-0.15, -0.1) is 0 Å². The Kier molecular flexibility index (Phi) is 35.2. The summed E-state index contributed by atoms with van der Waals surface area (Å²) in [7, 11) is 0. The highest BCUT2D eigenvalue weighted by Crippen LogP contribution is 2.23. The van der Waals surface area contributed by atoms with E-state index in [1.807, 2.05) is 0 Å². The second-order valence-electron chi connectivity index (χ2n) is 16.8. The summed E-state index contributed by atoms with van der Waals surface area (Å²) in [5, 5.41) is 75.6. The van der Waals surface area contributed by atoms with Crippen molar-refractivity contribution in [3.8, 4) is 0 Å². The third-order valence-electron chi connectivity index (χ3n) is 11.5. The van der Waals surface area contributed by atoms with Gasteiger partial charge in [-0.3, -0.25) is 4.79 Å². The first kappa shape index (κ1) is 54.6. The summed E-state index contributed by atoms with van der Waals surface area (Å²) in [5.41, 5.74) is 0. The van der Waals surface area contributed by atoms with Gasteiger partial charge < -0.3 is 50.5 Å². The molecule has 0 aromatic heterocycles. The van der Waals surface area contributed by atoms with Gasteiger partial charge in [-0.1, -0.05) is 160 Å². The lowest BCUT2D eigenvalue weighted by Crippen LogP contribution is -2.60. The highest BCUT2D eigenvalue weighted by molar-refractivity contribution is 5.80. The number of hydrogen-bond acceptors (Lipinski definition) is 10. The standard InChI is InChI=1S/C47H89NO10/c1-3-5-7-9-11-13-15-17-19-21-23-25-27-29-31-33-35-40(51)46(56)48-38(37-57-47-45(55)44(54)43(53)41(36-49)58-47)42(52)39(50)34-32-30-28-26-24-22-20-18-16-14-12-10-8-6-4-2/h17,19,26,28,38-45,47,49-55H,3-16,18,20-25,27,29-37H2,1-2H3,(H,48,56)/b19-17-,28-26+. The molecule has 58 heavy (non-hydrogen) atoms. The summed E-state index contributed by atoms with van der Waals surface area (Å²) in [6, 6.07) is -1.18. The van der Waals surface area contributed by atoms with Crippen molar-refractivity contribution < 1.29 is 50.0 Å².